The molecule has 3 aromatic rings. The molecule has 0 bridgehead atoms. The average molecular weight is 289 g/mol. The summed E-state index contributed by atoms with van der Waals surface area (Å²) in [6, 6.07) is 5.91. The summed E-state index contributed by atoms with van der Waals surface area (Å²) in [5.74, 6) is 0.830. The SMILES string of the molecule is COc1ccc2[nH]c(=S)n(CCCn3ccnn3)c2c1. The second-order valence-electron chi connectivity index (χ2n) is 4.48. The number of methoxy groups -OCH3 is 1. The molecule has 104 valence electrons. The van der Waals surface area contributed by atoms with Gasteiger partial charge in [0, 0.05) is 25.4 Å². The van der Waals surface area contributed by atoms with E-state index in [9.17, 15) is 0 Å². The first kappa shape index (κ1) is 12.9. The first-order chi connectivity index (χ1) is 9.78. The first-order valence-electron chi connectivity index (χ1n) is 6.38. The molecule has 2 aromatic heterocycles. The van der Waals surface area contributed by atoms with Crippen LogP contribution in [0, 0.1) is 4.77 Å². The molecule has 2 heterocycles. The number of imidazole rings is 1. The Morgan fingerprint density at radius 3 is 3.00 bits per heavy atom. The van der Waals surface area contributed by atoms with Crippen molar-refractivity contribution in [1.82, 2.24) is 24.5 Å². The van der Waals surface area contributed by atoms with Gasteiger partial charge in [-0.25, -0.2) is 0 Å². The minimum atomic E-state index is 0.729. The normalized spacial score (nSPS) is 11.1. The average Bonchev–Trinajstić information content (AvgIpc) is 3.07. The van der Waals surface area contributed by atoms with Crippen LogP contribution in [0.5, 0.6) is 5.75 Å². The molecule has 0 aliphatic carbocycles. The van der Waals surface area contributed by atoms with E-state index < -0.39 is 0 Å². The number of nitrogens with zero attached hydrogens (tertiary/aromatic N) is 4. The Bertz CT molecular complexity index is 759. The number of H-pyrrole nitrogens is 1. The van der Waals surface area contributed by atoms with Crippen LogP contribution in [-0.4, -0.2) is 31.7 Å². The Kier molecular flexibility index (Phi) is 3.51. The Hall–Kier alpha value is -2.15. The summed E-state index contributed by atoms with van der Waals surface area (Å²) >= 11 is 5.38. The molecule has 7 heteroatoms. The van der Waals surface area contributed by atoms with E-state index in [-0.39, 0.29) is 0 Å². The lowest BCUT2D eigenvalue weighted by Gasteiger charge is -2.06. The molecule has 6 nitrogen and oxygen atoms in total. The van der Waals surface area contributed by atoms with Crippen LogP contribution in [0.4, 0.5) is 0 Å². The largest absolute Gasteiger partial charge is 0.497 e. The first-order valence-corrected chi connectivity index (χ1v) is 6.79. The Balaban J connectivity index is 1.82. The quantitative estimate of drug-likeness (QED) is 0.733. The Morgan fingerprint density at radius 1 is 1.35 bits per heavy atom. The molecule has 0 atom stereocenters. The fraction of sp³-hybridized carbons (Fsp3) is 0.308. The number of nitrogens with one attached hydrogen (secondary N) is 1. The van der Waals surface area contributed by atoms with Crippen LogP contribution in [0.3, 0.4) is 0 Å². The smallest absolute Gasteiger partial charge is 0.178 e. The van der Waals surface area contributed by atoms with Gasteiger partial charge in [0.05, 0.1) is 24.3 Å². The molecular formula is C13H15N5OS. The minimum Gasteiger partial charge on any atom is -0.497 e. The van der Waals surface area contributed by atoms with Gasteiger partial charge in [-0.05, 0) is 30.8 Å². The molecule has 0 fully saturated rings. The fourth-order valence-corrected chi connectivity index (χ4v) is 2.52. The van der Waals surface area contributed by atoms with Gasteiger partial charge in [-0.2, -0.15) is 0 Å². The number of aromatic nitrogens is 5. The van der Waals surface area contributed by atoms with Crippen molar-refractivity contribution < 1.29 is 4.74 Å². The van der Waals surface area contributed by atoms with Gasteiger partial charge in [0.1, 0.15) is 5.75 Å². The number of aromatic amines is 1. The summed E-state index contributed by atoms with van der Waals surface area (Å²) < 4.78 is 9.90. The van der Waals surface area contributed by atoms with Crippen molar-refractivity contribution in [2.24, 2.45) is 0 Å². The van der Waals surface area contributed by atoms with Gasteiger partial charge in [0.25, 0.3) is 0 Å². The van der Waals surface area contributed by atoms with Gasteiger partial charge in [0.15, 0.2) is 4.77 Å². The monoisotopic (exact) mass is 289 g/mol. The number of ether oxygens (including phenoxy) is 1. The molecule has 0 aliphatic heterocycles. The highest BCUT2D eigenvalue weighted by Gasteiger charge is 2.05. The molecule has 0 aliphatic rings. The highest BCUT2D eigenvalue weighted by Crippen LogP contribution is 2.21. The van der Waals surface area contributed by atoms with Crippen LogP contribution < -0.4 is 4.74 Å². The minimum absolute atomic E-state index is 0.729. The van der Waals surface area contributed by atoms with Crippen LogP contribution >= 0.6 is 12.2 Å². The summed E-state index contributed by atoms with van der Waals surface area (Å²) in [5, 5.41) is 7.74. The molecule has 0 amide bonds. The molecular weight excluding hydrogens is 274 g/mol. The van der Waals surface area contributed by atoms with Crippen LogP contribution in [0.2, 0.25) is 0 Å². The van der Waals surface area contributed by atoms with Crippen molar-refractivity contribution in [2.75, 3.05) is 7.11 Å². The lowest BCUT2D eigenvalue weighted by atomic mass is 10.3. The van der Waals surface area contributed by atoms with E-state index >= 15 is 0 Å². The summed E-state index contributed by atoms with van der Waals surface area (Å²) in [7, 11) is 1.66. The highest BCUT2D eigenvalue weighted by molar-refractivity contribution is 7.71. The van der Waals surface area contributed by atoms with Gasteiger partial charge < -0.3 is 14.3 Å². The second-order valence-corrected chi connectivity index (χ2v) is 4.87. The molecule has 1 N–H and O–H groups in total. The summed E-state index contributed by atoms with van der Waals surface area (Å²) in [6.07, 6.45) is 4.47. The van der Waals surface area contributed by atoms with Gasteiger partial charge in [-0.15, -0.1) is 5.10 Å². The molecule has 0 unspecified atom stereocenters. The van der Waals surface area contributed by atoms with E-state index in [4.69, 9.17) is 17.0 Å². The zero-order chi connectivity index (χ0) is 13.9. The van der Waals surface area contributed by atoms with Crippen LogP contribution in [0.25, 0.3) is 11.0 Å². The molecule has 20 heavy (non-hydrogen) atoms. The van der Waals surface area contributed by atoms with Crippen molar-refractivity contribution in [3.63, 3.8) is 0 Å². The lowest BCUT2D eigenvalue weighted by molar-refractivity contribution is 0.415. The predicted octanol–water partition coefficient (Wildman–Crippen LogP) is 2.39. The number of aryl methyl sites for hydroxylation is 2. The molecule has 0 spiro atoms. The van der Waals surface area contributed by atoms with E-state index in [1.807, 2.05) is 29.1 Å². The van der Waals surface area contributed by atoms with Crippen molar-refractivity contribution in [3.05, 3.63) is 35.4 Å². The van der Waals surface area contributed by atoms with E-state index in [2.05, 4.69) is 19.9 Å². The lowest BCUT2D eigenvalue weighted by Crippen LogP contribution is -2.05. The zero-order valence-corrected chi connectivity index (χ0v) is 11.9. The second kappa shape index (κ2) is 5.46. The maximum Gasteiger partial charge on any atom is 0.178 e. The molecule has 1 aromatic carbocycles. The maximum atomic E-state index is 5.38. The van der Waals surface area contributed by atoms with Gasteiger partial charge in [-0.1, -0.05) is 5.21 Å². The van der Waals surface area contributed by atoms with E-state index in [0.29, 0.717) is 0 Å². The van der Waals surface area contributed by atoms with Crippen LogP contribution in [0.1, 0.15) is 6.42 Å². The summed E-state index contributed by atoms with van der Waals surface area (Å²) in [4.78, 5) is 3.21. The van der Waals surface area contributed by atoms with Crippen LogP contribution in [-0.2, 0) is 13.1 Å². The number of hydrogen-bond acceptors (Lipinski definition) is 4. The van der Waals surface area contributed by atoms with E-state index in [1.54, 1.807) is 13.3 Å². The van der Waals surface area contributed by atoms with Gasteiger partial charge >= 0.3 is 0 Å². The number of benzene rings is 1. The van der Waals surface area contributed by atoms with Gasteiger partial charge in [0.2, 0.25) is 0 Å². The van der Waals surface area contributed by atoms with Crippen molar-refractivity contribution in [3.8, 4) is 5.75 Å². The Morgan fingerprint density at radius 2 is 2.25 bits per heavy atom. The number of fused-ring (bicyclic) bond motifs is 1. The van der Waals surface area contributed by atoms with E-state index in [1.165, 1.54) is 0 Å². The zero-order valence-electron chi connectivity index (χ0n) is 11.1. The highest BCUT2D eigenvalue weighted by atomic mass is 32.1. The van der Waals surface area contributed by atoms with Gasteiger partial charge in [-0.3, -0.25) is 4.68 Å². The standard InChI is InChI=1S/C13H15N5OS/c1-19-10-3-4-11-12(9-10)18(13(20)15-11)7-2-6-17-8-5-14-16-17/h3-5,8-9H,2,6-7H2,1H3,(H,15,20). The predicted molar refractivity (Wildman–Crippen MR) is 78.3 cm³/mol. The molecule has 0 saturated carbocycles. The fourth-order valence-electron chi connectivity index (χ4n) is 2.22. The van der Waals surface area contributed by atoms with Crippen LogP contribution in [0.15, 0.2) is 30.6 Å². The maximum absolute atomic E-state index is 5.38. The number of rotatable bonds is 5. The molecule has 0 saturated heterocycles. The third-order valence-corrected chi connectivity index (χ3v) is 3.55. The van der Waals surface area contributed by atoms with Crippen molar-refractivity contribution in [2.45, 2.75) is 19.5 Å². The Labute approximate surface area is 121 Å². The third kappa shape index (κ3) is 2.44. The van der Waals surface area contributed by atoms with E-state index in [0.717, 1.165) is 41.1 Å². The third-order valence-electron chi connectivity index (χ3n) is 3.22. The number of hydrogen-bond donors (Lipinski definition) is 1. The van der Waals surface area contributed by atoms with Crippen molar-refractivity contribution in [1.29, 1.82) is 0 Å². The molecule has 0 radical (unpaired) electrons. The summed E-state index contributed by atoms with van der Waals surface area (Å²) in [6.45, 7) is 1.64. The summed E-state index contributed by atoms with van der Waals surface area (Å²) in [5.41, 5.74) is 2.09. The topological polar surface area (TPSA) is 60.7 Å². The van der Waals surface area contributed by atoms with Crippen molar-refractivity contribution >= 4 is 23.3 Å². The molecule has 3 rings (SSSR count).